The second-order valence-corrected chi connectivity index (χ2v) is 4.19. The number of rotatable bonds is 5. The van der Waals surface area contributed by atoms with Gasteiger partial charge in [-0.25, -0.2) is 4.68 Å². The molecule has 0 unspecified atom stereocenters. The molecule has 2 aromatic rings. The van der Waals surface area contributed by atoms with Crippen molar-refractivity contribution in [1.82, 2.24) is 9.78 Å². The van der Waals surface area contributed by atoms with Crippen LogP contribution in [0.15, 0.2) is 36.7 Å². The average Bonchev–Trinajstić information content (AvgIpc) is 2.86. The third kappa shape index (κ3) is 3.42. The van der Waals surface area contributed by atoms with E-state index in [2.05, 4.69) is 17.3 Å². The summed E-state index contributed by atoms with van der Waals surface area (Å²) in [6, 6.07) is 7.58. The fourth-order valence-electron chi connectivity index (χ4n) is 1.73. The largest absolute Gasteiger partial charge is 0.362 e. The van der Waals surface area contributed by atoms with E-state index in [0.29, 0.717) is 18.0 Å². The van der Waals surface area contributed by atoms with Gasteiger partial charge in [-0.2, -0.15) is 5.10 Å². The molecule has 0 aliphatic carbocycles. The highest BCUT2D eigenvalue weighted by molar-refractivity contribution is 6.04. The number of aromatic nitrogens is 2. The van der Waals surface area contributed by atoms with Gasteiger partial charge in [0.05, 0.1) is 18.1 Å². The molecule has 0 radical (unpaired) electrons. The topological polar surface area (TPSA) is 56.2 Å². The quantitative estimate of drug-likeness (QED) is 0.896. The van der Waals surface area contributed by atoms with Crippen molar-refractivity contribution in [2.24, 2.45) is 0 Å². The maximum absolute atomic E-state index is 12.0. The van der Waals surface area contributed by atoms with Crippen LogP contribution in [0.5, 0.6) is 0 Å². The molecule has 0 bridgehead atoms. The van der Waals surface area contributed by atoms with Crippen LogP contribution in [0.3, 0.4) is 0 Å². The van der Waals surface area contributed by atoms with Crippen LogP contribution in [-0.4, -0.2) is 22.8 Å². The van der Waals surface area contributed by atoms with E-state index in [1.54, 1.807) is 24.2 Å². The zero-order valence-electron chi connectivity index (χ0n) is 11.1. The van der Waals surface area contributed by atoms with Crippen LogP contribution >= 0.6 is 0 Å². The summed E-state index contributed by atoms with van der Waals surface area (Å²) < 4.78 is 6.55. The monoisotopic (exact) mass is 259 g/mol. The van der Waals surface area contributed by atoms with Crippen LogP contribution in [0.25, 0.3) is 0 Å². The second kappa shape index (κ2) is 6.15. The highest BCUT2D eigenvalue weighted by Crippen LogP contribution is 2.10. The van der Waals surface area contributed by atoms with Crippen molar-refractivity contribution in [2.75, 3.05) is 12.4 Å². The number of hydrogen-bond acceptors (Lipinski definition) is 3. The van der Waals surface area contributed by atoms with E-state index in [-0.39, 0.29) is 5.91 Å². The number of carbonyl (C=O) groups excluding carboxylic acids is 1. The standard InChI is InChI=1S/C14H17N3O2/c1-3-11-4-6-12(7-5-11)14(18)16-13-8-15-17(9-13)10-19-2/h4-9H,3,10H2,1-2H3,(H,16,18). The van der Waals surface area contributed by atoms with Crippen molar-refractivity contribution in [3.05, 3.63) is 47.8 Å². The lowest BCUT2D eigenvalue weighted by atomic mass is 10.1. The van der Waals surface area contributed by atoms with Crippen LogP contribution < -0.4 is 5.32 Å². The molecule has 1 aromatic carbocycles. The van der Waals surface area contributed by atoms with Crippen LogP contribution in [0.4, 0.5) is 5.69 Å². The molecule has 0 saturated carbocycles. The first-order chi connectivity index (χ1) is 9.22. The number of benzene rings is 1. The van der Waals surface area contributed by atoms with Crippen LogP contribution in [0.2, 0.25) is 0 Å². The van der Waals surface area contributed by atoms with E-state index < -0.39 is 0 Å². The van der Waals surface area contributed by atoms with Crippen LogP contribution in [0.1, 0.15) is 22.8 Å². The molecular formula is C14H17N3O2. The minimum Gasteiger partial charge on any atom is -0.362 e. The zero-order valence-corrected chi connectivity index (χ0v) is 11.1. The molecule has 1 aromatic heterocycles. The fourth-order valence-corrected chi connectivity index (χ4v) is 1.73. The number of aryl methyl sites for hydroxylation is 1. The van der Waals surface area contributed by atoms with Gasteiger partial charge in [0, 0.05) is 12.7 Å². The number of anilines is 1. The van der Waals surface area contributed by atoms with Crippen LogP contribution in [0, 0.1) is 0 Å². The Morgan fingerprint density at radius 1 is 1.37 bits per heavy atom. The van der Waals surface area contributed by atoms with E-state index in [0.717, 1.165) is 6.42 Å². The van der Waals surface area contributed by atoms with Crippen molar-refractivity contribution in [2.45, 2.75) is 20.1 Å². The Morgan fingerprint density at radius 3 is 2.74 bits per heavy atom. The van der Waals surface area contributed by atoms with Crippen molar-refractivity contribution < 1.29 is 9.53 Å². The summed E-state index contributed by atoms with van der Waals surface area (Å²) in [7, 11) is 1.59. The summed E-state index contributed by atoms with van der Waals surface area (Å²) in [5.41, 5.74) is 2.50. The number of nitrogens with one attached hydrogen (secondary N) is 1. The molecule has 0 atom stereocenters. The van der Waals surface area contributed by atoms with E-state index in [1.807, 2.05) is 24.3 Å². The summed E-state index contributed by atoms with van der Waals surface area (Å²) in [5.74, 6) is -0.139. The molecule has 0 saturated heterocycles. The number of ether oxygens (including phenoxy) is 1. The van der Waals surface area contributed by atoms with Gasteiger partial charge >= 0.3 is 0 Å². The first-order valence-electron chi connectivity index (χ1n) is 6.14. The molecule has 5 heteroatoms. The second-order valence-electron chi connectivity index (χ2n) is 4.19. The van der Waals surface area contributed by atoms with Gasteiger partial charge in [0.25, 0.3) is 5.91 Å². The maximum atomic E-state index is 12.0. The SMILES string of the molecule is CCc1ccc(C(=O)Nc2cnn(COC)c2)cc1. The smallest absolute Gasteiger partial charge is 0.255 e. The van der Waals surface area contributed by atoms with Crippen molar-refractivity contribution >= 4 is 11.6 Å². The predicted octanol–water partition coefficient (Wildman–Crippen LogP) is 2.30. The molecule has 5 nitrogen and oxygen atoms in total. The average molecular weight is 259 g/mol. The van der Waals surface area contributed by atoms with Gasteiger partial charge in [0.1, 0.15) is 6.73 Å². The first-order valence-corrected chi connectivity index (χ1v) is 6.14. The molecule has 2 rings (SSSR count). The minimum absolute atomic E-state index is 0.139. The van der Waals surface area contributed by atoms with Gasteiger partial charge in [0.15, 0.2) is 0 Å². The van der Waals surface area contributed by atoms with Gasteiger partial charge in [-0.1, -0.05) is 19.1 Å². The van der Waals surface area contributed by atoms with Gasteiger partial charge < -0.3 is 10.1 Å². The van der Waals surface area contributed by atoms with E-state index in [9.17, 15) is 4.79 Å². The molecule has 1 heterocycles. The fraction of sp³-hybridized carbons (Fsp3) is 0.286. The normalized spacial score (nSPS) is 10.4. The lowest BCUT2D eigenvalue weighted by Crippen LogP contribution is -2.11. The third-order valence-electron chi connectivity index (χ3n) is 2.78. The van der Waals surface area contributed by atoms with Gasteiger partial charge in [-0.3, -0.25) is 4.79 Å². The molecule has 0 spiro atoms. The Balaban J connectivity index is 2.02. The number of nitrogens with zero attached hydrogens (tertiary/aromatic N) is 2. The molecular weight excluding hydrogens is 242 g/mol. The lowest BCUT2D eigenvalue weighted by Gasteiger charge is -2.03. The van der Waals surface area contributed by atoms with E-state index >= 15 is 0 Å². The van der Waals surface area contributed by atoms with Gasteiger partial charge in [-0.05, 0) is 24.1 Å². The molecule has 1 N–H and O–H groups in total. The molecule has 0 fully saturated rings. The summed E-state index contributed by atoms with van der Waals surface area (Å²) in [6.45, 7) is 2.44. The van der Waals surface area contributed by atoms with Crippen molar-refractivity contribution in [3.8, 4) is 0 Å². The minimum atomic E-state index is -0.139. The van der Waals surface area contributed by atoms with E-state index in [1.165, 1.54) is 5.56 Å². The predicted molar refractivity (Wildman–Crippen MR) is 73.0 cm³/mol. The summed E-state index contributed by atoms with van der Waals surface area (Å²) in [5, 5.41) is 6.85. The Bertz CT molecular complexity index is 546. The Morgan fingerprint density at radius 2 is 2.11 bits per heavy atom. The maximum Gasteiger partial charge on any atom is 0.255 e. The summed E-state index contributed by atoms with van der Waals surface area (Å²) in [6.07, 6.45) is 4.28. The molecule has 0 aliphatic heterocycles. The molecule has 19 heavy (non-hydrogen) atoms. The highest BCUT2D eigenvalue weighted by atomic mass is 16.5. The third-order valence-corrected chi connectivity index (χ3v) is 2.78. The molecule has 100 valence electrons. The zero-order chi connectivity index (χ0) is 13.7. The summed E-state index contributed by atoms with van der Waals surface area (Å²) in [4.78, 5) is 12.0. The Hall–Kier alpha value is -2.14. The lowest BCUT2D eigenvalue weighted by molar-refractivity contribution is 0.102. The van der Waals surface area contributed by atoms with E-state index in [4.69, 9.17) is 4.74 Å². The molecule has 0 aliphatic rings. The number of methoxy groups -OCH3 is 1. The van der Waals surface area contributed by atoms with Gasteiger partial charge in [-0.15, -0.1) is 0 Å². The first kappa shape index (κ1) is 13.3. The number of amides is 1. The van der Waals surface area contributed by atoms with Crippen molar-refractivity contribution in [3.63, 3.8) is 0 Å². The van der Waals surface area contributed by atoms with Gasteiger partial charge in [0.2, 0.25) is 0 Å². The summed E-state index contributed by atoms with van der Waals surface area (Å²) >= 11 is 0. The Kier molecular flexibility index (Phi) is 4.30. The number of hydrogen-bond donors (Lipinski definition) is 1. The number of carbonyl (C=O) groups is 1. The Labute approximate surface area is 112 Å². The van der Waals surface area contributed by atoms with Crippen molar-refractivity contribution in [1.29, 1.82) is 0 Å². The molecule has 1 amide bonds. The van der Waals surface area contributed by atoms with Crippen LogP contribution in [-0.2, 0) is 17.9 Å². The highest BCUT2D eigenvalue weighted by Gasteiger charge is 2.07.